The Morgan fingerprint density at radius 3 is 1.56 bits per heavy atom. The van der Waals surface area contributed by atoms with Crippen LogP contribution in [0.3, 0.4) is 0 Å². The molecule has 1 aliphatic heterocycles. The first-order valence-corrected chi connectivity index (χ1v) is 2.26. The van der Waals surface area contributed by atoms with Crippen molar-refractivity contribution in [1.29, 1.82) is 0 Å². The van der Waals surface area contributed by atoms with Crippen molar-refractivity contribution < 1.29 is 18.4 Å². The summed E-state index contributed by atoms with van der Waals surface area (Å²) in [5.74, 6) is -2.37. The molecule has 1 fully saturated rings. The monoisotopic (exact) mass is 135 g/mol. The summed E-state index contributed by atoms with van der Waals surface area (Å²) in [5, 5.41) is 1.49. The molecule has 1 rings (SSSR count). The first kappa shape index (κ1) is 6.12. The number of rotatable bonds is 0. The summed E-state index contributed by atoms with van der Waals surface area (Å²) in [6.45, 7) is 0. The molecule has 9 heavy (non-hydrogen) atoms. The number of amides is 2. The molecule has 0 spiro atoms. The Labute approximate surface area is 49.0 Å². The molecule has 0 aromatic heterocycles. The summed E-state index contributed by atoms with van der Waals surface area (Å²) >= 11 is 0. The lowest BCUT2D eigenvalue weighted by atomic mass is 10.3. The van der Waals surface area contributed by atoms with Gasteiger partial charge < -0.3 is 0 Å². The number of nitrogens with one attached hydrogen (secondary N) is 1. The average molecular weight is 135 g/mol. The summed E-state index contributed by atoms with van der Waals surface area (Å²) in [5.41, 5.74) is 0. The van der Waals surface area contributed by atoms with Gasteiger partial charge in [-0.3, -0.25) is 14.9 Å². The van der Waals surface area contributed by atoms with Crippen molar-refractivity contribution in [2.45, 2.75) is 12.3 Å². The van der Waals surface area contributed by atoms with Crippen molar-refractivity contribution >= 4 is 11.8 Å². The lowest BCUT2D eigenvalue weighted by molar-refractivity contribution is -0.126. The van der Waals surface area contributed by atoms with Crippen LogP contribution in [0.15, 0.2) is 0 Å². The maximum atomic E-state index is 12.0. The number of alkyl halides is 2. The average Bonchev–Trinajstić information content (AvgIpc) is 1.98. The lowest BCUT2D eigenvalue weighted by Crippen LogP contribution is -2.22. The predicted octanol–water partition coefficient (Wildman–Crippen LogP) is -0.681. The van der Waals surface area contributed by atoms with Crippen molar-refractivity contribution in [2.75, 3.05) is 0 Å². The third-order valence-corrected chi connectivity index (χ3v) is 1.00. The Kier molecular flexibility index (Phi) is 1.19. The molecular formula is C4H3F2NO2. The molecule has 0 saturated carbocycles. The molecule has 1 aliphatic rings. The quantitative estimate of drug-likeness (QED) is 0.447. The number of halogens is 2. The highest BCUT2D eigenvalue weighted by atomic mass is 19.2. The Balaban J connectivity index is 2.77. The van der Waals surface area contributed by atoms with E-state index in [9.17, 15) is 18.4 Å². The molecule has 2 atom stereocenters. The van der Waals surface area contributed by atoms with Gasteiger partial charge in [-0.2, -0.15) is 0 Å². The van der Waals surface area contributed by atoms with Crippen molar-refractivity contribution in [3.05, 3.63) is 0 Å². The summed E-state index contributed by atoms with van der Waals surface area (Å²) in [4.78, 5) is 20.1. The number of imide groups is 1. The van der Waals surface area contributed by atoms with Gasteiger partial charge in [0.2, 0.25) is 12.3 Å². The van der Waals surface area contributed by atoms with Gasteiger partial charge in [0.05, 0.1) is 0 Å². The predicted molar refractivity (Wildman–Crippen MR) is 22.9 cm³/mol. The molecule has 50 valence electrons. The minimum Gasteiger partial charge on any atom is -0.291 e. The number of hydrogen-bond donors (Lipinski definition) is 1. The summed E-state index contributed by atoms with van der Waals surface area (Å²) in [7, 11) is 0. The van der Waals surface area contributed by atoms with Crippen molar-refractivity contribution in [3.8, 4) is 0 Å². The molecule has 2 amide bonds. The van der Waals surface area contributed by atoms with Crippen molar-refractivity contribution in [3.63, 3.8) is 0 Å². The standard InChI is InChI=1S/C4H3F2NO2/c5-1-2(6)4(9)7-3(1)8/h1-2H,(H,7,8,9). The Bertz CT molecular complexity index is 152. The molecule has 1 N–H and O–H groups in total. The fourth-order valence-electron chi connectivity index (χ4n) is 0.525. The Hall–Kier alpha value is -1.00. The van der Waals surface area contributed by atoms with E-state index in [1.165, 1.54) is 5.32 Å². The second-order valence-electron chi connectivity index (χ2n) is 1.66. The minimum atomic E-state index is -2.31. The molecule has 1 heterocycles. The van der Waals surface area contributed by atoms with E-state index in [1.807, 2.05) is 0 Å². The summed E-state index contributed by atoms with van der Waals surface area (Å²) in [6, 6.07) is 0. The van der Waals surface area contributed by atoms with Gasteiger partial charge in [0.1, 0.15) is 0 Å². The molecule has 5 heteroatoms. The first-order chi connectivity index (χ1) is 4.13. The highest BCUT2D eigenvalue weighted by molar-refractivity contribution is 6.07. The number of carbonyl (C=O) groups is 2. The van der Waals surface area contributed by atoms with Crippen LogP contribution in [0.2, 0.25) is 0 Å². The second-order valence-corrected chi connectivity index (χ2v) is 1.66. The third kappa shape index (κ3) is 0.778. The smallest absolute Gasteiger partial charge is 0.264 e. The van der Waals surface area contributed by atoms with Crippen molar-refractivity contribution in [1.82, 2.24) is 5.32 Å². The summed E-state index contributed by atoms with van der Waals surface area (Å²) in [6.07, 6.45) is -4.62. The maximum absolute atomic E-state index is 12.0. The van der Waals surface area contributed by atoms with Crippen LogP contribution in [0.1, 0.15) is 0 Å². The SMILES string of the molecule is O=C1NC(=O)C(F)C1F. The summed E-state index contributed by atoms with van der Waals surface area (Å²) < 4.78 is 23.9. The molecule has 3 nitrogen and oxygen atoms in total. The molecule has 0 aromatic rings. The van der Waals surface area contributed by atoms with Crippen LogP contribution in [0, 0.1) is 0 Å². The Morgan fingerprint density at radius 2 is 1.44 bits per heavy atom. The van der Waals surface area contributed by atoms with E-state index >= 15 is 0 Å². The Morgan fingerprint density at radius 1 is 1.11 bits per heavy atom. The van der Waals surface area contributed by atoms with Crippen LogP contribution < -0.4 is 5.32 Å². The van der Waals surface area contributed by atoms with E-state index in [4.69, 9.17) is 0 Å². The maximum Gasteiger partial charge on any atom is 0.264 e. The van der Waals surface area contributed by atoms with E-state index in [0.29, 0.717) is 0 Å². The van der Waals surface area contributed by atoms with Gasteiger partial charge in [0.15, 0.2) is 0 Å². The topological polar surface area (TPSA) is 46.2 Å². The van der Waals surface area contributed by atoms with Gasteiger partial charge in [0, 0.05) is 0 Å². The third-order valence-electron chi connectivity index (χ3n) is 1.00. The van der Waals surface area contributed by atoms with E-state index < -0.39 is 24.2 Å². The minimum absolute atomic E-state index is 1.19. The highest BCUT2D eigenvalue weighted by Gasteiger charge is 2.42. The van der Waals surface area contributed by atoms with Crippen LogP contribution in [0.25, 0.3) is 0 Å². The van der Waals surface area contributed by atoms with E-state index in [-0.39, 0.29) is 0 Å². The molecule has 0 aromatic carbocycles. The van der Waals surface area contributed by atoms with Gasteiger partial charge in [-0.1, -0.05) is 0 Å². The van der Waals surface area contributed by atoms with Crippen LogP contribution in [0.4, 0.5) is 8.78 Å². The van der Waals surface area contributed by atoms with Crippen LogP contribution in [-0.2, 0) is 9.59 Å². The van der Waals surface area contributed by atoms with E-state index in [0.717, 1.165) is 0 Å². The zero-order valence-electron chi connectivity index (χ0n) is 4.23. The lowest BCUT2D eigenvalue weighted by Gasteiger charge is -1.91. The zero-order valence-corrected chi connectivity index (χ0v) is 4.23. The normalized spacial score (nSPS) is 34.9. The molecule has 0 radical (unpaired) electrons. The number of carbonyl (C=O) groups excluding carboxylic acids is 2. The first-order valence-electron chi connectivity index (χ1n) is 2.26. The van der Waals surface area contributed by atoms with Crippen LogP contribution in [-0.4, -0.2) is 24.2 Å². The van der Waals surface area contributed by atoms with Gasteiger partial charge in [-0.15, -0.1) is 0 Å². The van der Waals surface area contributed by atoms with Gasteiger partial charge in [-0.05, 0) is 0 Å². The fraction of sp³-hybridized carbons (Fsp3) is 0.500. The zero-order chi connectivity index (χ0) is 7.02. The molecular weight excluding hydrogens is 132 g/mol. The van der Waals surface area contributed by atoms with Crippen LogP contribution >= 0.6 is 0 Å². The van der Waals surface area contributed by atoms with Gasteiger partial charge in [0.25, 0.3) is 11.8 Å². The molecule has 2 unspecified atom stereocenters. The molecule has 1 saturated heterocycles. The number of hydrogen-bond acceptors (Lipinski definition) is 2. The molecule has 0 aliphatic carbocycles. The van der Waals surface area contributed by atoms with Crippen LogP contribution in [0.5, 0.6) is 0 Å². The van der Waals surface area contributed by atoms with E-state index in [1.54, 1.807) is 0 Å². The molecule has 0 bridgehead atoms. The largest absolute Gasteiger partial charge is 0.291 e. The van der Waals surface area contributed by atoms with Gasteiger partial charge >= 0.3 is 0 Å². The van der Waals surface area contributed by atoms with Gasteiger partial charge in [-0.25, -0.2) is 8.78 Å². The second kappa shape index (κ2) is 1.75. The van der Waals surface area contributed by atoms with E-state index in [2.05, 4.69) is 0 Å². The highest BCUT2D eigenvalue weighted by Crippen LogP contribution is 2.10. The fourth-order valence-corrected chi connectivity index (χ4v) is 0.525. The van der Waals surface area contributed by atoms with Crippen molar-refractivity contribution in [2.24, 2.45) is 0 Å².